The van der Waals surface area contributed by atoms with Gasteiger partial charge in [-0.05, 0) is 0 Å². The molecule has 0 saturated carbocycles. The van der Waals surface area contributed by atoms with E-state index >= 15 is 0 Å². The van der Waals surface area contributed by atoms with Gasteiger partial charge in [0.15, 0.2) is 0 Å². The lowest BCUT2D eigenvalue weighted by molar-refractivity contribution is -0.184. The van der Waals surface area contributed by atoms with Crippen LogP contribution in [0, 0.1) is 5.92 Å². The summed E-state index contributed by atoms with van der Waals surface area (Å²) in [6, 6.07) is 0. The second kappa shape index (κ2) is 3.70. The molecule has 0 aromatic heterocycles. The SMILES string of the molecule is NCC(C(=O)O)C(F)(F)C(F)F. The van der Waals surface area contributed by atoms with E-state index in [2.05, 4.69) is 5.73 Å². The minimum Gasteiger partial charge on any atom is -0.481 e. The Morgan fingerprint density at radius 2 is 1.92 bits per heavy atom. The highest BCUT2D eigenvalue weighted by molar-refractivity contribution is 5.71. The van der Waals surface area contributed by atoms with Gasteiger partial charge in [-0.1, -0.05) is 0 Å². The Balaban J connectivity index is 4.59. The second-order valence-corrected chi connectivity index (χ2v) is 2.10. The van der Waals surface area contributed by atoms with Crippen LogP contribution < -0.4 is 5.73 Å². The van der Waals surface area contributed by atoms with Gasteiger partial charge in [-0.2, -0.15) is 8.78 Å². The minimum absolute atomic E-state index is 1.02. The average Bonchev–Trinajstić information content (AvgIpc) is 1.86. The summed E-state index contributed by atoms with van der Waals surface area (Å²) in [6.45, 7) is -1.02. The molecule has 7 heteroatoms. The second-order valence-electron chi connectivity index (χ2n) is 2.10. The number of alkyl halides is 4. The highest BCUT2D eigenvalue weighted by atomic mass is 19.3. The third-order valence-electron chi connectivity index (χ3n) is 1.29. The monoisotopic (exact) mass is 189 g/mol. The zero-order valence-corrected chi connectivity index (χ0v) is 5.81. The molecule has 0 aromatic carbocycles. The highest BCUT2D eigenvalue weighted by Crippen LogP contribution is 2.30. The Hall–Kier alpha value is -0.850. The minimum atomic E-state index is -4.57. The first-order valence-corrected chi connectivity index (χ1v) is 2.92. The fraction of sp³-hybridized carbons (Fsp3) is 0.800. The third-order valence-corrected chi connectivity index (χ3v) is 1.29. The van der Waals surface area contributed by atoms with Gasteiger partial charge in [0.2, 0.25) is 0 Å². The molecule has 0 aromatic rings. The van der Waals surface area contributed by atoms with Crippen LogP contribution in [0.3, 0.4) is 0 Å². The Bertz CT molecular complexity index is 173. The summed E-state index contributed by atoms with van der Waals surface area (Å²) in [5.74, 6) is -9.12. The first-order chi connectivity index (χ1) is 5.34. The maximum absolute atomic E-state index is 12.3. The van der Waals surface area contributed by atoms with Crippen LogP contribution >= 0.6 is 0 Å². The Labute approximate surface area is 65.2 Å². The number of carbonyl (C=O) groups is 1. The number of carboxylic acids is 1. The predicted molar refractivity (Wildman–Crippen MR) is 31.1 cm³/mol. The molecule has 0 aliphatic carbocycles. The van der Waals surface area contributed by atoms with E-state index in [-0.39, 0.29) is 0 Å². The van der Waals surface area contributed by atoms with Crippen LogP contribution in [0.4, 0.5) is 17.6 Å². The van der Waals surface area contributed by atoms with Crippen molar-refractivity contribution in [3.8, 4) is 0 Å². The summed E-state index contributed by atoms with van der Waals surface area (Å²) >= 11 is 0. The van der Waals surface area contributed by atoms with Crippen molar-refractivity contribution in [1.82, 2.24) is 0 Å². The van der Waals surface area contributed by atoms with E-state index in [4.69, 9.17) is 5.11 Å². The molecule has 1 atom stereocenters. The Morgan fingerprint density at radius 3 is 2.00 bits per heavy atom. The lowest BCUT2D eigenvalue weighted by atomic mass is 10.0. The van der Waals surface area contributed by atoms with Crippen molar-refractivity contribution >= 4 is 5.97 Å². The number of halogens is 4. The average molecular weight is 189 g/mol. The van der Waals surface area contributed by atoms with E-state index < -0.39 is 30.8 Å². The quantitative estimate of drug-likeness (QED) is 0.634. The van der Waals surface area contributed by atoms with Crippen molar-refractivity contribution in [2.75, 3.05) is 6.54 Å². The molecule has 3 N–H and O–H groups in total. The number of hydrogen-bond donors (Lipinski definition) is 2. The predicted octanol–water partition coefficient (Wildman–Crippen LogP) is 0.546. The van der Waals surface area contributed by atoms with E-state index in [1.807, 2.05) is 0 Å². The van der Waals surface area contributed by atoms with E-state index in [9.17, 15) is 22.4 Å². The summed E-state index contributed by atoms with van der Waals surface area (Å²) in [5, 5.41) is 8.06. The maximum atomic E-state index is 12.3. The van der Waals surface area contributed by atoms with Gasteiger partial charge in [-0.15, -0.1) is 0 Å². The van der Waals surface area contributed by atoms with E-state index in [1.54, 1.807) is 0 Å². The molecule has 0 bridgehead atoms. The largest absolute Gasteiger partial charge is 0.481 e. The van der Waals surface area contributed by atoms with E-state index in [0.717, 1.165) is 0 Å². The molecule has 0 amide bonds. The molecule has 0 rings (SSSR count). The molecule has 12 heavy (non-hydrogen) atoms. The topological polar surface area (TPSA) is 63.3 Å². The number of nitrogens with two attached hydrogens (primary N) is 1. The van der Waals surface area contributed by atoms with Gasteiger partial charge in [0.1, 0.15) is 5.92 Å². The zero-order chi connectivity index (χ0) is 9.94. The molecule has 0 aliphatic rings. The van der Waals surface area contributed by atoms with Gasteiger partial charge in [-0.3, -0.25) is 4.79 Å². The smallest absolute Gasteiger partial charge is 0.321 e. The zero-order valence-electron chi connectivity index (χ0n) is 5.81. The Kier molecular flexibility index (Phi) is 3.44. The number of carboxylic acid groups (broad SMARTS) is 1. The molecule has 0 radical (unpaired) electrons. The van der Waals surface area contributed by atoms with Crippen LogP contribution in [-0.2, 0) is 4.79 Å². The van der Waals surface area contributed by atoms with E-state index in [1.165, 1.54) is 0 Å². The fourth-order valence-electron chi connectivity index (χ4n) is 0.575. The number of rotatable bonds is 4. The van der Waals surface area contributed by atoms with Crippen LogP contribution in [0.15, 0.2) is 0 Å². The van der Waals surface area contributed by atoms with Gasteiger partial charge >= 0.3 is 18.3 Å². The normalized spacial score (nSPS) is 14.8. The molecule has 0 fully saturated rings. The van der Waals surface area contributed by atoms with Crippen molar-refractivity contribution in [3.63, 3.8) is 0 Å². The molecule has 0 heterocycles. The molecule has 72 valence electrons. The van der Waals surface area contributed by atoms with Crippen LogP contribution in [-0.4, -0.2) is 30.0 Å². The number of aliphatic carboxylic acids is 1. The Morgan fingerprint density at radius 1 is 1.50 bits per heavy atom. The third kappa shape index (κ3) is 2.07. The molecule has 3 nitrogen and oxygen atoms in total. The number of hydrogen-bond acceptors (Lipinski definition) is 2. The summed E-state index contributed by atoms with van der Waals surface area (Å²) in [4.78, 5) is 9.99. The standard InChI is InChI=1S/C5H7F4NO2/c6-4(7)5(8,9)2(1-10)3(11)12/h2,4H,1,10H2,(H,11,12). The van der Waals surface area contributed by atoms with Crippen molar-refractivity contribution in [2.45, 2.75) is 12.3 Å². The van der Waals surface area contributed by atoms with Gasteiger partial charge in [0.05, 0.1) is 0 Å². The van der Waals surface area contributed by atoms with Crippen molar-refractivity contribution in [3.05, 3.63) is 0 Å². The van der Waals surface area contributed by atoms with Gasteiger partial charge in [0, 0.05) is 6.54 Å². The molecular weight excluding hydrogens is 182 g/mol. The summed E-state index contributed by atoms with van der Waals surface area (Å²) in [6.07, 6.45) is -4.01. The lowest BCUT2D eigenvalue weighted by Gasteiger charge is -2.20. The molecule has 0 spiro atoms. The first kappa shape index (κ1) is 11.2. The maximum Gasteiger partial charge on any atom is 0.321 e. The fourth-order valence-corrected chi connectivity index (χ4v) is 0.575. The summed E-state index contributed by atoms with van der Waals surface area (Å²) < 4.78 is 47.6. The molecule has 0 aliphatic heterocycles. The van der Waals surface area contributed by atoms with Gasteiger partial charge < -0.3 is 10.8 Å². The molecule has 0 saturated heterocycles. The van der Waals surface area contributed by atoms with Crippen LogP contribution in [0.2, 0.25) is 0 Å². The van der Waals surface area contributed by atoms with Crippen molar-refractivity contribution in [2.24, 2.45) is 11.7 Å². The van der Waals surface area contributed by atoms with Crippen molar-refractivity contribution < 1.29 is 27.5 Å². The molecular formula is C5H7F4NO2. The highest BCUT2D eigenvalue weighted by Gasteiger charge is 2.51. The molecule has 1 unspecified atom stereocenters. The van der Waals surface area contributed by atoms with Crippen LogP contribution in [0.1, 0.15) is 0 Å². The van der Waals surface area contributed by atoms with E-state index in [0.29, 0.717) is 0 Å². The summed E-state index contributed by atoms with van der Waals surface area (Å²) in [5.41, 5.74) is 4.60. The van der Waals surface area contributed by atoms with Gasteiger partial charge in [0.25, 0.3) is 0 Å². The lowest BCUT2D eigenvalue weighted by Crippen LogP contribution is -2.44. The van der Waals surface area contributed by atoms with Gasteiger partial charge in [-0.25, -0.2) is 8.78 Å². The summed E-state index contributed by atoms with van der Waals surface area (Å²) in [7, 11) is 0. The first-order valence-electron chi connectivity index (χ1n) is 2.92. The van der Waals surface area contributed by atoms with Crippen LogP contribution in [0.5, 0.6) is 0 Å². The van der Waals surface area contributed by atoms with Crippen LogP contribution in [0.25, 0.3) is 0 Å². The van der Waals surface area contributed by atoms with Crippen molar-refractivity contribution in [1.29, 1.82) is 0 Å².